The lowest BCUT2D eigenvalue weighted by Gasteiger charge is -2.11. The number of fused-ring (bicyclic) bond motifs is 4. The number of thioether (sulfide) groups is 1. The van der Waals surface area contributed by atoms with Gasteiger partial charge in [0.05, 0.1) is 5.39 Å². The van der Waals surface area contributed by atoms with Crippen molar-refractivity contribution >= 4 is 44.3 Å². The second-order valence-electron chi connectivity index (χ2n) is 7.52. The van der Waals surface area contributed by atoms with Crippen LogP contribution in [0.4, 0.5) is 0 Å². The first-order chi connectivity index (χ1) is 14.5. The van der Waals surface area contributed by atoms with E-state index in [4.69, 9.17) is 9.40 Å². The Kier molecular flexibility index (Phi) is 4.87. The third-order valence-corrected chi connectivity index (χ3v) is 7.65. The molecule has 1 aliphatic carbocycles. The van der Waals surface area contributed by atoms with E-state index in [2.05, 4.69) is 6.58 Å². The van der Waals surface area contributed by atoms with Crippen LogP contribution in [0.3, 0.4) is 0 Å². The highest BCUT2D eigenvalue weighted by atomic mass is 32.2. The molecule has 0 saturated heterocycles. The van der Waals surface area contributed by atoms with Crippen molar-refractivity contribution in [3.8, 4) is 0 Å². The highest BCUT2D eigenvalue weighted by Crippen LogP contribution is 2.36. The maximum absolute atomic E-state index is 13.3. The summed E-state index contributed by atoms with van der Waals surface area (Å²) in [7, 11) is 0. The molecule has 5 nitrogen and oxygen atoms in total. The summed E-state index contributed by atoms with van der Waals surface area (Å²) in [6.45, 7) is 6.18. The van der Waals surface area contributed by atoms with E-state index in [1.807, 2.05) is 25.1 Å². The smallest absolute Gasteiger partial charge is 0.336 e. The molecule has 1 aliphatic rings. The number of aryl methyl sites for hydroxylation is 3. The minimum absolute atomic E-state index is 0.00913. The number of thiophene rings is 1. The standard InChI is InChI=1S/C23H20N2O3S2/c1-3-9-25-22(27)20-16-5-4-6-18(16)30-21(20)24-23(25)29-12-14-11-19(26)28-17-10-13(2)7-8-15(14)17/h3,7-8,10-11H,1,4-6,9,12H2,2H3. The van der Waals surface area contributed by atoms with Gasteiger partial charge in [-0.05, 0) is 48.9 Å². The summed E-state index contributed by atoms with van der Waals surface area (Å²) in [5.74, 6) is 0.519. The quantitative estimate of drug-likeness (QED) is 0.194. The number of aromatic nitrogens is 2. The average Bonchev–Trinajstić information content (AvgIpc) is 3.29. The summed E-state index contributed by atoms with van der Waals surface area (Å²) in [5, 5.41) is 2.34. The molecule has 0 unspecified atom stereocenters. The van der Waals surface area contributed by atoms with Crippen molar-refractivity contribution in [2.24, 2.45) is 0 Å². The Hall–Kier alpha value is -2.64. The van der Waals surface area contributed by atoms with E-state index in [0.29, 0.717) is 23.0 Å². The third kappa shape index (κ3) is 3.22. The predicted octanol–water partition coefficient (Wildman–Crippen LogP) is 4.84. The topological polar surface area (TPSA) is 65.1 Å². The van der Waals surface area contributed by atoms with Gasteiger partial charge in [0, 0.05) is 28.6 Å². The second-order valence-corrected chi connectivity index (χ2v) is 9.54. The lowest BCUT2D eigenvalue weighted by atomic mass is 10.1. The molecule has 0 aliphatic heterocycles. The summed E-state index contributed by atoms with van der Waals surface area (Å²) in [4.78, 5) is 32.3. The van der Waals surface area contributed by atoms with Gasteiger partial charge in [-0.15, -0.1) is 17.9 Å². The first-order valence-electron chi connectivity index (χ1n) is 9.87. The summed E-state index contributed by atoms with van der Waals surface area (Å²) in [6.07, 6.45) is 4.82. The number of allylic oxidation sites excluding steroid dienone is 1. The first-order valence-corrected chi connectivity index (χ1v) is 11.7. The molecular weight excluding hydrogens is 416 g/mol. The maximum atomic E-state index is 13.3. The molecule has 3 heterocycles. The van der Waals surface area contributed by atoms with Crippen LogP contribution in [-0.2, 0) is 25.1 Å². The van der Waals surface area contributed by atoms with Crippen molar-refractivity contribution in [1.82, 2.24) is 9.55 Å². The van der Waals surface area contributed by atoms with E-state index in [-0.39, 0.29) is 11.2 Å². The van der Waals surface area contributed by atoms with Gasteiger partial charge >= 0.3 is 5.63 Å². The summed E-state index contributed by atoms with van der Waals surface area (Å²) in [6, 6.07) is 7.37. The fourth-order valence-corrected chi connectivity index (χ4v) is 6.36. The predicted molar refractivity (Wildman–Crippen MR) is 123 cm³/mol. The number of hydrogen-bond acceptors (Lipinski definition) is 6. The Morgan fingerprint density at radius 1 is 1.30 bits per heavy atom. The molecule has 0 atom stereocenters. The van der Waals surface area contributed by atoms with Gasteiger partial charge in [-0.25, -0.2) is 9.78 Å². The largest absolute Gasteiger partial charge is 0.423 e. The maximum Gasteiger partial charge on any atom is 0.336 e. The fraction of sp³-hybridized carbons (Fsp3) is 0.261. The molecule has 0 amide bonds. The lowest BCUT2D eigenvalue weighted by molar-refractivity contribution is 0.559. The van der Waals surface area contributed by atoms with Crippen LogP contribution in [0.1, 0.15) is 28.0 Å². The molecule has 4 aromatic rings. The number of rotatable bonds is 5. The zero-order chi connectivity index (χ0) is 20.8. The molecule has 30 heavy (non-hydrogen) atoms. The van der Waals surface area contributed by atoms with Crippen LogP contribution in [0.5, 0.6) is 0 Å². The van der Waals surface area contributed by atoms with E-state index in [9.17, 15) is 9.59 Å². The van der Waals surface area contributed by atoms with Gasteiger partial charge in [0.15, 0.2) is 5.16 Å². The van der Waals surface area contributed by atoms with Crippen molar-refractivity contribution in [2.75, 3.05) is 0 Å². The lowest BCUT2D eigenvalue weighted by Crippen LogP contribution is -2.22. The Balaban J connectivity index is 1.58. The molecular formula is C23H20N2O3S2. The van der Waals surface area contributed by atoms with Crippen molar-refractivity contribution in [3.05, 3.63) is 79.3 Å². The van der Waals surface area contributed by atoms with Gasteiger partial charge in [-0.1, -0.05) is 30.0 Å². The van der Waals surface area contributed by atoms with Crippen molar-refractivity contribution in [2.45, 2.75) is 43.6 Å². The summed E-state index contributed by atoms with van der Waals surface area (Å²) in [5.41, 5.74) is 3.32. The normalized spacial score (nSPS) is 13.2. The number of hydrogen-bond donors (Lipinski definition) is 0. The van der Waals surface area contributed by atoms with Crippen LogP contribution in [-0.4, -0.2) is 9.55 Å². The minimum atomic E-state index is -0.370. The zero-order valence-corrected chi connectivity index (χ0v) is 18.2. The molecule has 152 valence electrons. The molecule has 1 aromatic carbocycles. The highest BCUT2D eigenvalue weighted by Gasteiger charge is 2.23. The molecule has 0 fully saturated rings. The van der Waals surface area contributed by atoms with E-state index in [0.717, 1.165) is 46.0 Å². The van der Waals surface area contributed by atoms with Crippen LogP contribution in [0.2, 0.25) is 0 Å². The van der Waals surface area contributed by atoms with Crippen molar-refractivity contribution in [1.29, 1.82) is 0 Å². The average molecular weight is 437 g/mol. The molecule has 5 rings (SSSR count). The summed E-state index contributed by atoms with van der Waals surface area (Å²) < 4.78 is 7.06. The minimum Gasteiger partial charge on any atom is -0.423 e. The van der Waals surface area contributed by atoms with Crippen LogP contribution in [0, 0.1) is 6.92 Å². The van der Waals surface area contributed by atoms with Crippen LogP contribution >= 0.6 is 23.1 Å². The Labute approximate surface area is 181 Å². The molecule has 0 bridgehead atoms. The molecule has 7 heteroatoms. The monoisotopic (exact) mass is 436 g/mol. The van der Waals surface area contributed by atoms with Crippen LogP contribution < -0.4 is 11.2 Å². The third-order valence-electron chi connectivity index (χ3n) is 5.44. The molecule has 0 N–H and O–H groups in total. The number of nitrogens with zero attached hydrogens (tertiary/aromatic N) is 2. The second kappa shape index (κ2) is 7.56. The van der Waals surface area contributed by atoms with Gasteiger partial charge < -0.3 is 4.42 Å². The highest BCUT2D eigenvalue weighted by molar-refractivity contribution is 7.98. The van der Waals surface area contributed by atoms with Gasteiger partial charge in [0.25, 0.3) is 5.56 Å². The number of benzene rings is 1. The summed E-state index contributed by atoms with van der Waals surface area (Å²) >= 11 is 3.11. The zero-order valence-electron chi connectivity index (χ0n) is 16.6. The van der Waals surface area contributed by atoms with E-state index in [1.54, 1.807) is 22.0 Å². The van der Waals surface area contributed by atoms with Crippen LogP contribution in [0.25, 0.3) is 21.2 Å². The molecule has 0 radical (unpaired) electrons. The van der Waals surface area contributed by atoms with Gasteiger partial charge in [-0.3, -0.25) is 9.36 Å². The molecule has 3 aromatic heterocycles. The van der Waals surface area contributed by atoms with Gasteiger partial charge in [-0.2, -0.15) is 0 Å². The van der Waals surface area contributed by atoms with E-state index < -0.39 is 0 Å². The Bertz CT molecular complexity index is 1430. The van der Waals surface area contributed by atoms with E-state index >= 15 is 0 Å². The van der Waals surface area contributed by atoms with Gasteiger partial charge in [0.1, 0.15) is 10.4 Å². The Morgan fingerprint density at radius 2 is 2.17 bits per heavy atom. The molecule has 0 spiro atoms. The molecule has 0 saturated carbocycles. The van der Waals surface area contributed by atoms with Crippen LogP contribution in [0.15, 0.2) is 56.1 Å². The SMILES string of the molecule is C=CCn1c(SCc2cc(=O)oc3cc(C)ccc23)nc2sc3c(c2c1=O)CCC3. The van der Waals surface area contributed by atoms with E-state index in [1.165, 1.54) is 28.3 Å². The van der Waals surface area contributed by atoms with Crippen molar-refractivity contribution in [3.63, 3.8) is 0 Å². The fourth-order valence-electron chi connectivity index (χ4n) is 4.06. The van der Waals surface area contributed by atoms with Crippen molar-refractivity contribution < 1.29 is 4.42 Å². The Morgan fingerprint density at radius 3 is 3.00 bits per heavy atom. The first kappa shape index (κ1) is 19.3. The van der Waals surface area contributed by atoms with Gasteiger partial charge in [0.2, 0.25) is 0 Å².